The molecule has 0 fully saturated rings. The van der Waals surface area contributed by atoms with Crippen LogP contribution in [-0.2, 0) is 0 Å². The predicted octanol–water partition coefficient (Wildman–Crippen LogP) is 1.79. The van der Waals surface area contributed by atoms with Crippen LogP contribution in [0.4, 0.5) is 5.69 Å². The highest BCUT2D eigenvalue weighted by atomic mass is 14.6. The van der Waals surface area contributed by atoms with Crippen LogP contribution in [0.1, 0.15) is 25.3 Å². The molecule has 1 aromatic rings. The van der Waals surface area contributed by atoms with Gasteiger partial charge in [0.1, 0.15) is 0 Å². The van der Waals surface area contributed by atoms with Gasteiger partial charge in [0, 0.05) is 11.7 Å². The Hall–Kier alpha value is -1.43. The smallest absolute Gasteiger partial charge is 0.297 e. The fourth-order valence-corrected chi connectivity index (χ4v) is 1.46. The number of rotatable bonds is 2. The number of hydrogen-bond donors (Lipinski definition) is 1. The lowest BCUT2D eigenvalue weighted by molar-refractivity contribution is 0.870. The van der Waals surface area contributed by atoms with Crippen LogP contribution < -0.4 is 11.2 Å². The van der Waals surface area contributed by atoms with Crippen molar-refractivity contribution >= 4 is 17.9 Å². The minimum absolute atomic E-state index is 0.0847. The van der Waals surface area contributed by atoms with Crippen molar-refractivity contribution in [2.75, 3.05) is 5.73 Å². The second kappa shape index (κ2) is 4.19. The Balaban J connectivity index is 3.08. The standard InChI is InChI=1S/C11H15BN2/c1-8(2)10-5-4-9(6-11(10)14)12(3)7-13/h4-6,8H,14H2,1-3H3. The Morgan fingerprint density at radius 1 is 1.43 bits per heavy atom. The number of nitrogens with zero attached hydrogens (tertiary/aromatic N) is 1. The van der Waals surface area contributed by atoms with Crippen LogP contribution in [0.25, 0.3) is 0 Å². The van der Waals surface area contributed by atoms with E-state index < -0.39 is 0 Å². The number of benzene rings is 1. The van der Waals surface area contributed by atoms with Crippen LogP contribution in [0.3, 0.4) is 0 Å². The number of hydrogen-bond acceptors (Lipinski definition) is 2. The van der Waals surface area contributed by atoms with E-state index in [4.69, 9.17) is 11.0 Å². The summed E-state index contributed by atoms with van der Waals surface area (Å²) in [7, 11) is 0. The van der Waals surface area contributed by atoms with Gasteiger partial charge in [-0.2, -0.15) is 0 Å². The summed E-state index contributed by atoms with van der Waals surface area (Å²) >= 11 is 0. The Bertz CT molecular complexity index is 366. The third kappa shape index (κ3) is 2.08. The lowest BCUT2D eigenvalue weighted by atomic mass is 9.48. The highest BCUT2D eigenvalue weighted by Crippen LogP contribution is 2.19. The van der Waals surface area contributed by atoms with E-state index in [1.807, 2.05) is 25.0 Å². The molecule has 0 aliphatic heterocycles. The van der Waals surface area contributed by atoms with Crippen molar-refractivity contribution in [1.82, 2.24) is 0 Å². The van der Waals surface area contributed by atoms with Crippen LogP contribution in [0.2, 0.25) is 6.82 Å². The van der Waals surface area contributed by atoms with Crippen LogP contribution in [0.15, 0.2) is 18.2 Å². The van der Waals surface area contributed by atoms with E-state index in [9.17, 15) is 0 Å². The first-order valence-electron chi connectivity index (χ1n) is 4.85. The average molecular weight is 186 g/mol. The number of anilines is 1. The molecule has 0 saturated heterocycles. The number of nitrogen functional groups attached to an aromatic ring is 1. The molecule has 2 nitrogen and oxygen atoms in total. The number of nitrogens with two attached hydrogens (primary N) is 1. The van der Waals surface area contributed by atoms with Crippen LogP contribution in [0, 0.1) is 11.2 Å². The molecule has 0 amide bonds. The molecule has 14 heavy (non-hydrogen) atoms. The van der Waals surface area contributed by atoms with Crippen LogP contribution in [0.5, 0.6) is 0 Å². The van der Waals surface area contributed by atoms with E-state index in [1.54, 1.807) is 0 Å². The Labute approximate surface area is 85.8 Å². The predicted molar refractivity (Wildman–Crippen MR) is 61.8 cm³/mol. The lowest BCUT2D eigenvalue weighted by Crippen LogP contribution is -2.25. The summed E-state index contributed by atoms with van der Waals surface area (Å²) in [5, 5.41) is 8.77. The quantitative estimate of drug-likeness (QED) is 0.565. The van der Waals surface area contributed by atoms with Crippen molar-refractivity contribution in [2.24, 2.45) is 0 Å². The largest absolute Gasteiger partial charge is 0.399 e. The molecule has 3 heteroatoms. The Kier molecular flexibility index (Phi) is 3.19. The molecule has 0 aliphatic rings. The maximum Gasteiger partial charge on any atom is 0.297 e. The second-order valence-electron chi connectivity index (χ2n) is 3.89. The fraction of sp³-hybridized carbons (Fsp3) is 0.364. The van der Waals surface area contributed by atoms with Crippen molar-refractivity contribution < 1.29 is 0 Å². The molecule has 2 N–H and O–H groups in total. The monoisotopic (exact) mass is 186 g/mol. The van der Waals surface area contributed by atoms with Crippen molar-refractivity contribution in [3.05, 3.63) is 23.8 Å². The van der Waals surface area contributed by atoms with Gasteiger partial charge in [-0.05, 0) is 17.5 Å². The molecule has 0 bridgehead atoms. The molecule has 0 atom stereocenters. The first-order valence-corrected chi connectivity index (χ1v) is 4.85. The van der Waals surface area contributed by atoms with Gasteiger partial charge in [0.2, 0.25) is 0 Å². The molecule has 0 spiro atoms. The van der Waals surface area contributed by atoms with Gasteiger partial charge >= 0.3 is 0 Å². The molecular formula is C11H15BN2. The summed E-state index contributed by atoms with van der Waals surface area (Å²) in [6.45, 7) is 6.01. The SMILES string of the molecule is CB(C#N)c1ccc(C(C)C)c(N)c1. The summed E-state index contributed by atoms with van der Waals surface area (Å²) in [5.41, 5.74) is 8.84. The Morgan fingerprint density at radius 2 is 2.07 bits per heavy atom. The molecular weight excluding hydrogens is 171 g/mol. The van der Waals surface area contributed by atoms with Crippen molar-refractivity contribution in [1.29, 1.82) is 5.26 Å². The zero-order valence-corrected chi connectivity index (χ0v) is 8.91. The van der Waals surface area contributed by atoms with E-state index in [1.165, 1.54) is 0 Å². The second-order valence-corrected chi connectivity index (χ2v) is 3.89. The topological polar surface area (TPSA) is 49.8 Å². The third-order valence-electron chi connectivity index (χ3n) is 2.43. The van der Waals surface area contributed by atoms with Crippen molar-refractivity contribution in [2.45, 2.75) is 26.6 Å². The summed E-state index contributed by atoms with van der Waals surface area (Å²) in [4.78, 5) is 0. The van der Waals surface area contributed by atoms with E-state index in [0.717, 1.165) is 16.7 Å². The summed E-state index contributed by atoms with van der Waals surface area (Å²) < 4.78 is 0. The fourth-order valence-electron chi connectivity index (χ4n) is 1.46. The maximum absolute atomic E-state index is 8.77. The molecule has 0 aliphatic carbocycles. The van der Waals surface area contributed by atoms with E-state index in [-0.39, 0.29) is 6.71 Å². The minimum atomic E-state index is -0.0847. The molecule has 0 saturated carbocycles. The van der Waals surface area contributed by atoms with E-state index in [0.29, 0.717) is 5.92 Å². The minimum Gasteiger partial charge on any atom is -0.399 e. The summed E-state index contributed by atoms with van der Waals surface area (Å²) in [5.74, 6) is 2.63. The molecule has 0 unspecified atom stereocenters. The van der Waals surface area contributed by atoms with Gasteiger partial charge in [0.05, 0.1) is 0 Å². The first-order chi connectivity index (χ1) is 6.56. The molecule has 1 aromatic carbocycles. The molecule has 0 heterocycles. The van der Waals surface area contributed by atoms with Gasteiger partial charge < -0.3 is 5.73 Å². The lowest BCUT2D eigenvalue weighted by Gasteiger charge is -2.11. The molecule has 0 aromatic heterocycles. The summed E-state index contributed by atoms with van der Waals surface area (Å²) in [6, 6.07) is 5.91. The van der Waals surface area contributed by atoms with Crippen LogP contribution in [-0.4, -0.2) is 6.71 Å². The summed E-state index contributed by atoms with van der Waals surface area (Å²) in [6.07, 6.45) is 0. The molecule has 1 rings (SSSR count). The Morgan fingerprint density at radius 3 is 2.50 bits per heavy atom. The highest BCUT2D eigenvalue weighted by molar-refractivity contribution is 6.78. The first kappa shape index (κ1) is 10.7. The van der Waals surface area contributed by atoms with E-state index >= 15 is 0 Å². The van der Waals surface area contributed by atoms with Gasteiger partial charge in [-0.3, -0.25) is 0 Å². The van der Waals surface area contributed by atoms with Crippen molar-refractivity contribution in [3.8, 4) is 5.97 Å². The van der Waals surface area contributed by atoms with Gasteiger partial charge in [0.25, 0.3) is 6.71 Å². The van der Waals surface area contributed by atoms with E-state index in [2.05, 4.69) is 19.8 Å². The zero-order chi connectivity index (χ0) is 10.7. The van der Waals surface area contributed by atoms with Crippen LogP contribution >= 0.6 is 0 Å². The normalized spacial score (nSPS) is 9.93. The van der Waals surface area contributed by atoms with Gasteiger partial charge in [-0.1, -0.05) is 38.3 Å². The number of nitriles is 1. The molecule has 72 valence electrons. The zero-order valence-electron chi connectivity index (χ0n) is 8.91. The van der Waals surface area contributed by atoms with Gasteiger partial charge in [-0.25, -0.2) is 5.26 Å². The third-order valence-corrected chi connectivity index (χ3v) is 2.43. The maximum atomic E-state index is 8.77. The van der Waals surface area contributed by atoms with Gasteiger partial charge in [0.15, 0.2) is 0 Å². The van der Waals surface area contributed by atoms with Crippen molar-refractivity contribution in [3.63, 3.8) is 0 Å². The average Bonchev–Trinajstić information content (AvgIpc) is 2.15. The highest BCUT2D eigenvalue weighted by Gasteiger charge is 2.11. The van der Waals surface area contributed by atoms with Gasteiger partial charge in [-0.15, -0.1) is 0 Å². The molecule has 0 radical (unpaired) electrons.